The Bertz CT molecular complexity index is 972. The molecule has 0 aliphatic heterocycles. The zero-order valence-corrected chi connectivity index (χ0v) is 20.8. The highest BCUT2D eigenvalue weighted by Crippen LogP contribution is 2.13. The number of nitrogens with zero attached hydrogens (tertiary/aromatic N) is 4. The van der Waals surface area contributed by atoms with Crippen molar-refractivity contribution in [1.82, 2.24) is 25.4 Å². The molecule has 0 radical (unpaired) electrons. The van der Waals surface area contributed by atoms with Gasteiger partial charge in [0, 0.05) is 55.7 Å². The zero-order valence-electron chi connectivity index (χ0n) is 17.7. The molecule has 2 aromatic heterocycles. The first-order chi connectivity index (χ1) is 14.7. The second-order valence-corrected chi connectivity index (χ2v) is 7.83. The smallest absolute Gasteiger partial charge is 0.246 e. The van der Waals surface area contributed by atoms with Gasteiger partial charge >= 0.3 is 0 Å². The van der Waals surface area contributed by atoms with Crippen molar-refractivity contribution in [3.63, 3.8) is 0 Å². The average Bonchev–Trinajstić information content (AvgIpc) is 3.42. The normalized spacial score (nSPS) is 11.0. The van der Waals surface area contributed by atoms with Crippen molar-refractivity contribution in [3.8, 4) is 0 Å². The van der Waals surface area contributed by atoms with Crippen molar-refractivity contribution in [3.05, 3.63) is 64.4 Å². The summed E-state index contributed by atoms with van der Waals surface area (Å²) in [5.74, 6) is 0.616. The number of halogens is 1. The fourth-order valence-corrected chi connectivity index (χ4v) is 3.68. The molecular formula is C21H28IN7OS. The van der Waals surface area contributed by atoms with Gasteiger partial charge in [-0.3, -0.25) is 14.5 Å². The first kappa shape index (κ1) is 24.8. The van der Waals surface area contributed by atoms with Crippen molar-refractivity contribution in [1.29, 1.82) is 0 Å². The molecule has 0 aliphatic carbocycles. The fraction of sp³-hybridized carbons (Fsp3) is 0.333. The van der Waals surface area contributed by atoms with Crippen LogP contribution in [0.3, 0.4) is 0 Å². The number of aliphatic imine (C=N–C) groups is 1. The van der Waals surface area contributed by atoms with Gasteiger partial charge in [-0.2, -0.15) is 5.10 Å². The summed E-state index contributed by atoms with van der Waals surface area (Å²) in [5.41, 5.74) is 1.80. The van der Waals surface area contributed by atoms with E-state index in [1.165, 1.54) is 4.88 Å². The van der Waals surface area contributed by atoms with Gasteiger partial charge in [0.1, 0.15) is 6.54 Å². The van der Waals surface area contributed by atoms with E-state index in [0.29, 0.717) is 6.54 Å². The summed E-state index contributed by atoms with van der Waals surface area (Å²) in [5, 5.41) is 14.7. The number of benzene rings is 1. The van der Waals surface area contributed by atoms with Gasteiger partial charge in [0.2, 0.25) is 5.91 Å². The van der Waals surface area contributed by atoms with Gasteiger partial charge in [0.15, 0.2) is 5.96 Å². The number of aryl methyl sites for hydroxylation is 1. The Labute approximate surface area is 203 Å². The maximum absolute atomic E-state index is 12.1. The third-order valence-corrected chi connectivity index (χ3v) is 5.54. The van der Waals surface area contributed by atoms with Gasteiger partial charge in [0.05, 0.1) is 5.01 Å². The summed E-state index contributed by atoms with van der Waals surface area (Å²) in [7, 11) is 1.75. The molecule has 0 saturated heterocycles. The number of aromatic nitrogens is 3. The number of rotatable bonds is 9. The molecule has 10 heteroatoms. The minimum Gasteiger partial charge on any atom is -0.356 e. The maximum Gasteiger partial charge on any atom is 0.246 e. The van der Waals surface area contributed by atoms with Gasteiger partial charge in [-0.15, -0.1) is 35.3 Å². The Morgan fingerprint density at radius 1 is 1.26 bits per heavy atom. The summed E-state index contributed by atoms with van der Waals surface area (Å²) in [6.45, 7) is 3.69. The van der Waals surface area contributed by atoms with Crippen molar-refractivity contribution in [2.24, 2.45) is 4.99 Å². The Kier molecular flexibility index (Phi) is 10.4. The van der Waals surface area contributed by atoms with Crippen LogP contribution in [0.25, 0.3) is 0 Å². The predicted octanol–water partition coefficient (Wildman–Crippen LogP) is 3.07. The Hall–Kier alpha value is -2.47. The lowest BCUT2D eigenvalue weighted by atomic mass is 10.2. The summed E-state index contributed by atoms with van der Waals surface area (Å²) in [6, 6.07) is 9.54. The van der Waals surface area contributed by atoms with Crippen LogP contribution in [0.5, 0.6) is 0 Å². The van der Waals surface area contributed by atoms with Crippen LogP contribution in [0.15, 0.2) is 53.9 Å². The second-order valence-electron chi connectivity index (χ2n) is 6.63. The number of nitrogens with one attached hydrogen (secondary N) is 3. The molecule has 0 unspecified atom stereocenters. The first-order valence-electron chi connectivity index (χ1n) is 9.90. The highest BCUT2D eigenvalue weighted by Gasteiger charge is 2.06. The Morgan fingerprint density at radius 3 is 2.84 bits per heavy atom. The molecule has 31 heavy (non-hydrogen) atoms. The summed E-state index contributed by atoms with van der Waals surface area (Å²) < 4.78 is 1.59. The standard InChI is InChI=1S/C21H27N7OS.HI/c1-3-18-14-24-20(30-18)8-10-23-21(22-2)25-13-16-6-4-7-17(12-16)27-19(29)15-28-11-5-9-26-28;/h4-7,9,11-12,14H,3,8,10,13,15H2,1-2H3,(H,27,29)(H2,22,23,25);1H. The number of carbonyl (C=O) groups is 1. The van der Waals surface area contributed by atoms with Crippen LogP contribution in [0.4, 0.5) is 5.69 Å². The number of guanidine groups is 1. The van der Waals surface area contributed by atoms with Gasteiger partial charge < -0.3 is 16.0 Å². The van der Waals surface area contributed by atoms with Gasteiger partial charge in [-0.05, 0) is 30.2 Å². The molecule has 1 aromatic carbocycles. The van der Waals surface area contributed by atoms with E-state index >= 15 is 0 Å². The third-order valence-electron chi connectivity index (χ3n) is 4.34. The van der Waals surface area contributed by atoms with E-state index in [0.717, 1.165) is 41.6 Å². The zero-order chi connectivity index (χ0) is 21.2. The highest BCUT2D eigenvalue weighted by molar-refractivity contribution is 14.0. The van der Waals surface area contributed by atoms with Crippen molar-refractivity contribution in [2.75, 3.05) is 18.9 Å². The molecule has 166 valence electrons. The molecule has 1 amide bonds. The van der Waals surface area contributed by atoms with Crippen LogP contribution in [0.1, 0.15) is 22.4 Å². The molecular weight excluding hydrogens is 525 g/mol. The minimum atomic E-state index is -0.116. The van der Waals surface area contributed by atoms with E-state index < -0.39 is 0 Å². The van der Waals surface area contributed by atoms with Gasteiger partial charge in [0.25, 0.3) is 0 Å². The molecule has 3 rings (SSSR count). The van der Waals surface area contributed by atoms with Crippen LogP contribution in [0, 0.1) is 0 Å². The molecule has 0 aliphatic rings. The van der Waals surface area contributed by atoms with E-state index in [9.17, 15) is 4.79 Å². The lowest BCUT2D eigenvalue weighted by molar-refractivity contribution is -0.116. The van der Waals surface area contributed by atoms with E-state index in [-0.39, 0.29) is 36.4 Å². The molecule has 0 fully saturated rings. The topological polar surface area (TPSA) is 96.2 Å². The van der Waals surface area contributed by atoms with Crippen LogP contribution >= 0.6 is 35.3 Å². The average molecular weight is 553 g/mol. The summed E-state index contributed by atoms with van der Waals surface area (Å²) in [6.07, 6.45) is 7.25. The van der Waals surface area contributed by atoms with Crippen molar-refractivity contribution >= 4 is 52.9 Å². The Balaban J connectivity index is 0.00000341. The quantitative estimate of drug-likeness (QED) is 0.215. The van der Waals surface area contributed by atoms with E-state index in [1.807, 2.05) is 30.5 Å². The van der Waals surface area contributed by atoms with E-state index in [4.69, 9.17) is 0 Å². The van der Waals surface area contributed by atoms with Gasteiger partial charge in [-0.25, -0.2) is 4.98 Å². The van der Waals surface area contributed by atoms with Crippen molar-refractivity contribution in [2.45, 2.75) is 32.9 Å². The fourth-order valence-electron chi connectivity index (χ4n) is 2.82. The van der Waals surface area contributed by atoms with Crippen LogP contribution in [-0.2, 0) is 30.7 Å². The van der Waals surface area contributed by atoms with Crippen molar-refractivity contribution < 1.29 is 4.79 Å². The molecule has 3 N–H and O–H groups in total. The molecule has 8 nitrogen and oxygen atoms in total. The number of anilines is 1. The second kappa shape index (κ2) is 13.1. The lowest BCUT2D eigenvalue weighted by Gasteiger charge is -2.12. The van der Waals surface area contributed by atoms with Crippen LogP contribution < -0.4 is 16.0 Å². The molecule has 3 aromatic rings. The predicted molar refractivity (Wildman–Crippen MR) is 136 cm³/mol. The number of hydrogen-bond donors (Lipinski definition) is 3. The molecule has 0 atom stereocenters. The number of thiazole rings is 1. The molecule has 0 saturated carbocycles. The third kappa shape index (κ3) is 8.29. The molecule has 2 heterocycles. The Morgan fingerprint density at radius 2 is 2.13 bits per heavy atom. The largest absolute Gasteiger partial charge is 0.356 e. The minimum absolute atomic E-state index is 0. The number of hydrogen-bond acceptors (Lipinski definition) is 5. The monoisotopic (exact) mass is 553 g/mol. The van der Waals surface area contributed by atoms with Gasteiger partial charge in [-0.1, -0.05) is 19.1 Å². The van der Waals surface area contributed by atoms with Crippen LogP contribution in [-0.4, -0.2) is 40.2 Å². The summed E-state index contributed by atoms with van der Waals surface area (Å²) >= 11 is 1.76. The van der Waals surface area contributed by atoms with E-state index in [2.05, 4.69) is 37.9 Å². The number of amides is 1. The first-order valence-corrected chi connectivity index (χ1v) is 10.7. The highest BCUT2D eigenvalue weighted by atomic mass is 127. The lowest BCUT2D eigenvalue weighted by Crippen LogP contribution is -2.37. The molecule has 0 spiro atoms. The molecule has 0 bridgehead atoms. The SMILES string of the molecule is CCc1cnc(CCNC(=NC)NCc2cccc(NC(=O)Cn3cccn3)c2)s1.I. The maximum atomic E-state index is 12.1. The number of carbonyl (C=O) groups excluding carboxylic acids is 1. The van der Waals surface area contributed by atoms with Crippen LogP contribution in [0.2, 0.25) is 0 Å². The van der Waals surface area contributed by atoms with E-state index in [1.54, 1.807) is 41.5 Å². The summed E-state index contributed by atoms with van der Waals surface area (Å²) in [4.78, 5) is 22.2.